The number of carbonyl (C=O) groups excluding carboxylic acids is 1. The number of hydrogen-bond acceptors (Lipinski definition) is 3. The van der Waals surface area contributed by atoms with Crippen LogP contribution in [0.4, 0.5) is 10.8 Å². The molecule has 0 saturated carbocycles. The average molecular weight is 421 g/mol. The highest BCUT2D eigenvalue weighted by Crippen LogP contribution is 2.29. The Morgan fingerprint density at radius 3 is 2.60 bits per heavy atom. The summed E-state index contributed by atoms with van der Waals surface area (Å²) in [7, 11) is 0. The van der Waals surface area contributed by atoms with Gasteiger partial charge in [0, 0.05) is 12.3 Å². The number of nitrogens with one attached hydrogen (secondary N) is 1. The molecule has 0 radical (unpaired) electrons. The maximum absolute atomic E-state index is 12.3. The van der Waals surface area contributed by atoms with Gasteiger partial charge in [-0.25, -0.2) is 4.98 Å². The molecule has 0 spiro atoms. The third kappa shape index (κ3) is 5.15. The molecule has 1 fully saturated rings. The van der Waals surface area contributed by atoms with Gasteiger partial charge in [0.15, 0.2) is 5.13 Å². The molecule has 0 bridgehead atoms. The van der Waals surface area contributed by atoms with E-state index in [1.165, 1.54) is 37.9 Å². The third-order valence-corrected chi connectivity index (χ3v) is 6.79. The summed E-state index contributed by atoms with van der Waals surface area (Å²) < 4.78 is 0. The van der Waals surface area contributed by atoms with Crippen LogP contribution in [0, 0.1) is 12.8 Å². The normalized spacial score (nSPS) is 18.9. The largest absolute Gasteiger partial charge is 0.330 e. The van der Waals surface area contributed by atoms with Crippen LogP contribution in [0.2, 0.25) is 0 Å². The lowest BCUT2D eigenvalue weighted by molar-refractivity contribution is -0.920. The summed E-state index contributed by atoms with van der Waals surface area (Å²) in [5.74, 6) is 0.784. The minimum atomic E-state index is -0.00410. The second-order valence-corrected chi connectivity index (χ2v) is 9.21. The predicted molar refractivity (Wildman–Crippen MR) is 123 cm³/mol. The zero-order valence-electron chi connectivity index (χ0n) is 17.8. The van der Waals surface area contributed by atoms with Crippen LogP contribution in [0.15, 0.2) is 60.0 Å². The zero-order valence-corrected chi connectivity index (χ0v) is 18.6. The van der Waals surface area contributed by atoms with E-state index in [1.54, 1.807) is 28.1 Å². The lowest BCUT2D eigenvalue weighted by atomic mass is 9.90. The van der Waals surface area contributed by atoms with Crippen molar-refractivity contribution in [3.05, 3.63) is 76.8 Å². The first-order valence-corrected chi connectivity index (χ1v) is 11.7. The van der Waals surface area contributed by atoms with E-state index in [-0.39, 0.29) is 5.91 Å². The molecule has 1 amide bonds. The highest BCUT2D eigenvalue weighted by molar-refractivity contribution is 7.14. The van der Waals surface area contributed by atoms with E-state index in [0.29, 0.717) is 0 Å². The van der Waals surface area contributed by atoms with Crippen LogP contribution in [0.25, 0.3) is 0 Å². The van der Waals surface area contributed by atoms with Crippen LogP contribution in [0.3, 0.4) is 0 Å². The van der Waals surface area contributed by atoms with Gasteiger partial charge in [0.2, 0.25) is 5.91 Å². The van der Waals surface area contributed by atoms with E-state index >= 15 is 0 Å². The fraction of sp³-hybridized carbons (Fsp3) is 0.360. The number of hydrogen-bond donors (Lipinski definition) is 1. The van der Waals surface area contributed by atoms with Crippen molar-refractivity contribution in [2.75, 3.05) is 18.0 Å². The molecule has 2 heterocycles. The number of amides is 1. The van der Waals surface area contributed by atoms with Gasteiger partial charge in [0.1, 0.15) is 12.2 Å². The van der Waals surface area contributed by atoms with Crippen molar-refractivity contribution < 1.29 is 9.69 Å². The first-order chi connectivity index (χ1) is 14.6. The van der Waals surface area contributed by atoms with E-state index < -0.39 is 0 Å². The molecule has 4 rings (SSSR count). The van der Waals surface area contributed by atoms with E-state index in [2.05, 4.69) is 35.7 Å². The van der Waals surface area contributed by atoms with Gasteiger partial charge in [0.05, 0.1) is 18.8 Å². The Hall–Kier alpha value is -2.50. The van der Waals surface area contributed by atoms with Gasteiger partial charge in [0.25, 0.3) is 0 Å². The van der Waals surface area contributed by atoms with Crippen molar-refractivity contribution in [2.24, 2.45) is 5.92 Å². The van der Waals surface area contributed by atoms with Crippen molar-refractivity contribution in [1.29, 1.82) is 0 Å². The Morgan fingerprint density at radius 1 is 1.13 bits per heavy atom. The first kappa shape index (κ1) is 20.8. The number of piperidine rings is 1. The van der Waals surface area contributed by atoms with E-state index in [0.717, 1.165) is 34.5 Å². The number of rotatable bonds is 6. The van der Waals surface area contributed by atoms with Crippen molar-refractivity contribution in [3.8, 4) is 0 Å². The van der Waals surface area contributed by atoms with Gasteiger partial charge < -0.3 is 4.90 Å². The van der Waals surface area contributed by atoms with Crippen molar-refractivity contribution in [3.63, 3.8) is 0 Å². The molecule has 30 heavy (non-hydrogen) atoms. The number of likely N-dealkylation sites (tertiary alicyclic amines) is 1. The molecular weight excluding hydrogens is 390 g/mol. The molecule has 2 aromatic carbocycles. The smallest absolute Gasteiger partial charge is 0.230 e. The van der Waals surface area contributed by atoms with Crippen LogP contribution in [-0.4, -0.2) is 24.0 Å². The van der Waals surface area contributed by atoms with Gasteiger partial charge in [-0.3, -0.25) is 9.69 Å². The SMILES string of the molecule is CC(=O)N(c1cccc(C)c1)c1nc(C[NH+]2CCC(Cc3ccccc3)CC2)cs1. The third-order valence-electron chi connectivity index (χ3n) is 5.92. The maximum Gasteiger partial charge on any atom is 0.230 e. The van der Waals surface area contributed by atoms with Crippen molar-refractivity contribution in [2.45, 2.75) is 39.7 Å². The van der Waals surface area contributed by atoms with E-state index in [1.807, 2.05) is 31.2 Å². The first-order valence-electron chi connectivity index (χ1n) is 10.8. The molecule has 3 aromatic rings. The van der Waals surface area contributed by atoms with Crippen molar-refractivity contribution >= 4 is 28.1 Å². The van der Waals surface area contributed by atoms with Crippen LogP contribution < -0.4 is 9.80 Å². The molecule has 0 atom stereocenters. The summed E-state index contributed by atoms with van der Waals surface area (Å²) in [6, 6.07) is 18.9. The summed E-state index contributed by atoms with van der Waals surface area (Å²) in [5, 5.41) is 2.88. The standard InChI is InChI=1S/C25H29N3OS/c1-19-7-6-10-24(15-19)28(20(2)29)25-26-23(18-30-25)17-27-13-11-22(12-14-27)16-21-8-4-3-5-9-21/h3-10,15,18,22H,11-14,16-17H2,1-2H3/p+1. The molecule has 4 nitrogen and oxygen atoms in total. The molecule has 1 aromatic heterocycles. The topological polar surface area (TPSA) is 37.6 Å². The molecule has 5 heteroatoms. The molecule has 156 valence electrons. The maximum atomic E-state index is 12.3. The summed E-state index contributed by atoms with van der Waals surface area (Å²) in [6.45, 7) is 6.97. The zero-order chi connectivity index (χ0) is 20.9. The second-order valence-electron chi connectivity index (χ2n) is 8.37. The molecule has 1 aliphatic heterocycles. The van der Waals surface area contributed by atoms with E-state index in [4.69, 9.17) is 4.98 Å². The Bertz CT molecular complexity index is 977. The lowest BCUT2D eigenvalue weighted by Gasteiger charge is -2.29. The summed E-state index contributed by atoms with van der Waals surface area (Å²) in [4.78, 5) is 20.5. The minimum absolute atomic E-state index is 0.00410. The fourth-order valence-corrected chi connectivity index (χ4v) is 5.23. The number of quaternary nitrogens is 1. The summed E-state index contributed by atoms with van der Waals surface area (Å²) in [6.07, 6.45) is 3.73. The number of benzene rings is 2. The lowest BCUT2D eigenvalue weighted by Crippen LogP contribution is -3.11. The number of aromatic nitrogens is 1. The van der Waals surface area contributed by atoms with Crippen LogP contribution in [0.5, 0.6) is 0 Å². The monoisotopic (exact) mass is 420 g/mol. The Labute approximate surface area is 183 Å². The summed E-state index contributed by atoms with van der Waals surface area (Å²) >= 11 is 1.56. The van der Waals surface area contributed by atoms with Gasteiger partial charge in [-0.05, 0) is 55.4 Å². The molecule has 1 saturated heterocycles. The molecule has 1 aliphatic rings. The number of carbonyl (C=O) groups is 1. The number of thiazole rings is 1. The number of aryl methyl sites for hydroxylation is 1. The highest BCUT2D eigenvalue weighted by Gasteiger charge is 2.24. The van der Waals surface area contributed by atoms with Crippen LogP contribution in [0.1, 0.15) is 36.6 Å². The average Bonchev–Trinajstić information content (AvgIpc) is 3.18. The molecular formula is C25H30N3OS+. The Kier molecular flexibility index (Phi) is 6.60. The van der Waals surface area contributed by atoms with Gasteiger partial charge >= 0.3 is 0 Å². The van der Waals surface area contributed by atoms with Gasteiger partial charge in [-0.2, -0.15) is 0 Å². The summed E-state index contributed by atoms with van der Waals surface area (Å²) in [5.41, 5.74) is 4.57. The Morgan fingerprint density at radius 2 is 1.90 bits per heavy atom. The highest BCUT2D eigenvalue weighted by atomic mass is 32.1. The predicted octanol–water partition coefficient (Wildman–Crippen LogP) is 4.17. The van der Waals surface area contributed by atoms with Crippen LogP contribution in [-0.2, 0) is 17.8 Å². The molecule has 0 aliphatic carbocycles. The quantitative estimate of drug-likeness (QED) is 0.650. The molecule has 1 N–H and O–H groups in total. The van der Waals surface area contributed by atoms with E-state index in [9.17, 15) is 4.79 Å². The fourth-order valence-electron chi connectivity index (χ4n) is 4.34. The molecule has 0 unspecified atom stereocenters. The van der Waals surface area contributed by atoms with Gasteiger partial charge in [-0.1, -0.05) is 42.5 Å². The number of nitrogens with zero attached hydrogens (tertiary/aromatic N) is 2. The van der Waals surface area contributed by atoms with Crippen LogP contribution >= 0.6 is 11.3 Å². The number of anilines is 2. The van der Waals surface area contributed by atoms with Crippen molar-refractivity contribution in [1.82, 2.24) is 4.98 Å². The second kappa shape index (κ2) is 9.54. The van der Waals surface area contributed by atoms with Gasteiger partial charge in [-0.15, -0.1) is 11.3 Å². The Balaban J connectivity index is 1.36. The minimum Gasteiger partial charge on any atom is -0.330 e.